The van der Waals surface area contributed by atoms with E-state index in [0.717, 1.165) is 48.3 Å². The summed E-state index contributed by atoms with van der Waals surface area (Å²) < 4.78 is 26.1. The van der Waals surface area contributed by atoms with Crippen LogP contribution in [0.2, 0.25) is 0 Å². The maximum atomic E-state index is 14.5. The molecule has 0 saturated carbocycles. The van der Waals surface area contributed by atoms with Gasteiger partial charge in [-0.2, -0.15) is 0 Å². The molecule has 2 N–H and O–H groups in total. The number of aryl methyl sites for hydroxylation is 1. The molecule has 9 heteroatoms. The minimum atomic E-state index is -1.14. The Balaban J connectivity index is 1.40. The fourth-order valence-electron chi connectivity index (χ4n) is 5.97. The first-order valence-corrected chi connectivity index (χ1v) is 14.4. The monoisotopic (exact) mass is 567 g/mol. The Morgan fingerprint density at radius 3 is 2.62 bits per heavy atom. The highest BCUT2D eigenvalue weighted by Crippen LogP contribution is 2.37. The number of oxime groups is 1. The fraction of sp³-hybridized carbons (Fsp3) is 0.333. The number of rotatable bonds is 5. The zero-order valence-corrected chi connectivity index (χ0v) is 24.6. The van der Waals surface area contributed by atoms with Crippen molar-refractivity contribution in [2.75, 3.05) is 23.3 Å². The summed E-state index contributed by atoms with van der Waals surface area (Å²) in [5.41, 5.74) is 6.70. The normalized spacial score (nSPS) is 16.7. The van der Waals surface area contributed by atoms with E-state index >= 15 is 0 Å². The highest BCUT2D eigenvalue weighted by atomic mass is 19.1. The van der Waals surface area contributed by atoms with Gasteiger partial charge >= 0.3 is 7.12 Å². The molecule has 1 fully saturated rings. The van der Waals surface area contributed by atoms with E-state index in [1.165, 1.54) is 18.3 Å². The van der Waals surface area contributed by atoms with Crippen LogP contribution < -0.4 is 21.1 Å². The maximum Gasteiger partial charge on any atom is 0.583 e. The number of hydrogen-bond donors (Lipinski definition) is 2. The number of nitrogens with zero attached hydrogens (tertiary/aromatic N) is 2. The summed E-state index contributed by atoms with van der Waals surface area (Å²) in [5.74, 6) is 0.277. The molecule has 42 heavy (non-hydrogen) atoms. The van der Waals surface area contributed by atoms with Crippen LogP contribution >= 0.6 is 0 Å². The third-order valence-electron chi connectivity index (χ3n) is 8.61. The minimum absolute atomic E-state index is 0.0161. The lowest BCUT2D eigenvalue weighted by molar-refractivity contribution is 0.274. The second-order valence-electron chi connectivity index (χ2n) is 12.3. The van der Waals surface area contributed by atoms with Crippen LogP contribution in [0.4, 0.5) is 16.0 Å². The lowest BCUT2D eigenvalue weighted by Gasteiger charge is -2.37. The van der Waals surface area contributed by atoms with Gasteiger partial charge in [-0.15, -0.1) is 5.16 Å². The Morgan fingerprint density at radius 1 is 1.10 bits per heavy atom. The van der Waals surface area contributed by atoms with Crippen molar-refractivity contribution in [3.8, 4) is 11.1 Å². The van der Waals surface area contributed by atoms with E-state index in [1.807, 2.05) is 45.0 Å². The van der Waals surface area contributed by atoms with E-state index < -0.39 is 7.12 Å². The van der Waals surface area contributed by atoms with Crippen molar-refractivity contribution in [1.82, 2.24) is 0 Å². The SMILES string of the molecule is Cc1cc([C@@H](C)Nc2ccc(F)cc2-c2ccc3c(c2)C=NOB3O)c2oc(N3CCC(C)(C)CC3)c(C)c(=O)c2c1. The van der Waals surface area contributed by atoms with Crippen LogP contribution in [0.1, 0.15) is 61.9 Å². The zero-order valence-electron chi connectivity index (χ0n) is 24.6. The van der Waals surface area contributed by atoms with Gasteiger partial charge in [0.05, 0.1) is 23.2 Å². The molecule has 2 aliphatic heterocycles. The van der Waals surface area contributed by atoms with E-state index in [2.05, 4.69) is 29.2 Å². The van der Waals surface area contributed by atoms with Gasteiger partial charge in [-0.1, -0.05) is 32.0 Å². The van der Waals surface area contributed by atoms with E-state index in [0.29, 0.717) is 39.0 Å². The number of hydrogen-bond acceptors (Lipinski definition) is 7. The molecule has 0 unspecified atom stereocenters. The standard InChI is InChI=1S/C33H35BFN3O4/c1-19-14-25(31-27(15-19)30(39)20(2)32(41-31)38-12-10-33(4,5)11-13-38)21(3)37-29-9-7-24(35)17-26(29)22-6-8-28-23(16-22)18-36-42-34(28)40/h6-9,14-18,21,37,40H,10-13H2,1-5H3/t21-/m1/s1. The van der Waals surface area contributed by atoms with Crippen LogP contribution in [-0.2, 0) is 4.76 Å². The number of anilines is 2. The van der Waals surface area contributed by atoms with Crippen molar-refractivity contribution in [3.05, 3.63) is 86.8 Å². The number of benzene rings is 3. The first-order chi connectivity index (χ1) is 20.0. The summed E-state index contributed by atoms with van der Waals surface area (Å²) in [4.78, 5) is 15.8. The number of fused-ring (bicyclic) bond motifs is 2. The quantitative estimate of drug-likeness (QED) is 0.285. The Labute approximate surface area is 245 Å². The first kappa shape index (κ1) is 28.0. The van der Waals surface area contributed by atoms with Gasteiger partial charge in [-0.3, -0.25) is 4.79 Å². The van der Waals surface area contributed by atoms with E-state index in [-0.39, 0.29) is 22.7 Å². The van der Waals surface area contributed by atoms with Crippen molar-refractivity contribution in [2.45, 2.75) is 53.5 Å². The molecule has 3 aromatic carbocycles. The Morgan fingerprint density at radius 2 is 1.86 bits per heavy atom. The van der Waals surface area contributed by atoms with Crippen LogP contribution in [0, 0.1) is 25.1 Å². The van der Waals surface area contributed by atoms with Crippen LogP contribution in [0.3, 0.4) is 0 Å². The molecule has 0 amide bonds. The third-order valence-corrected chi connectivity index (χ3v) is 8.61. The van der Waals surface area contributed by atoms with Gasteiger partial charge in [-0.05, 0) is 86.1 Å². The van der Waals surface area contributed by atoms with E-state index in [4.69, 9.17) is 9.17 Å². The molecule has 3 heterocycles. The Hall–Kier alpha value is -4.11. The third kappa shape index (κ3) is 5.18. The van der Waals surface area contributed by atoms with Crippen molar-refractivity contribution >= 4 is 41.3 Å². The molecular formula is C33H35BFN3O4. The number of nitrogens with one attached hydrogen (secondary N) is 1. The topological polar surface area (TPSA) is 87.3 Å². The molecule has 7 nitrogen and oxygen atoms in total. The van der Waals surface area contributed by atoms with Gasteiger partial charge in [0.1, 0.15) is 11.4 Å². The van der Waals surface area contributed by atoms with Crippen molar-refractivity contribution in [3.63, 3.8) is 0 Å². The van der Waals surface area contributed by atoms with Crippen LogP contribution in [0.15, 0.2) is 62.9 Å². The Bertz CT molecular complexity index is 1770. The molecule has 2 aliphatic rings. The number of halogens is 1. The Kier molecular flexibility index (Phi) is 7.09. The second-order valence-corrected chi connectivity index (χ2v) is 12.3. The highest BCUT2D eigenvalue weighted by molar-refractivity contribution is 6.62. The molecule has 4 aromatic rings. The van der Waals surface area contributed by atoms with Gasteiger partial charge in [0, 0.05) is 35.4 Å². The summed E-state index contributed by atoms with van der Waals surface area (Å²) >= 11 is 0. The zero-order chi connectivity index (χ0) is 29.8. The van der Waals surface area contributed by atoms with Gasteiger partial charge in [-0.25, -0.2) is 4.39 Å². The van der Waals surface area contributed by atoms with Gasteiger partial charge in [0.15, 0.2) is 5.43 Å². The summed E-state index contributed by atoms with van der Waals surface area (Å²) in [5, 5.41) is 18.0. The van der Waals surface area contributed by atoms with E-state index in [9.17, 15) is 14.2 Å². The lowest BCUT2D eigenvalue weighted by Crippen LogP contribution is -2.38. The molecule has 0 radical (unpaired) electrons. The summed E-state index contributed by atoms with van der Waals surface area (Å²) in [6.07, 6.45) is 3.59. The average Bonchev–Trinajstić information content (AvgIpc) is 2.96. The van der Waals surface area contributed by atoms with Crippen molar-refractivity contribution < 1.29 is 18.6 Å². The van der Waals surface area contributed by atoms with Crippen molar-refractivity contribution in [2.24, 2.45) is 10.6 Å². The summed E-state index contributed by atoms with van der Waals surface area (Å²) in [6, 6.07) is 13.7. The van der Waals surface area contributed by atoms with Crippen molar-refractivity contribution in [1.29, 1.82) is 0 Å². The molecule has 0 spiro atoms. The summed E-state index contributed by atoms with van der Waals surface area (Å²) in [6.45, 7) is 12.1. The second kappa shape index (κ2) is 10.6. The smallest absolute Gasteiger partial charge is 0.440 e. The molecule has 1 aromatic heterocycles. The fourth-order valence-corrected chi connectivity index (χ4v) is 5.97. The predicted octanol–water partition coefficient (Wildman–Crippen LogP) is 6.07. The first-order valence-electron chi connectivity index (χ1n) is 14.4. The molecule has 1 atom stereocenters. The largest absolute Gasteiger partial charge is 0.583 e. The van der Waals surface area contributed by atoms with Gasteiger partial charge in [0.2, 0.25) is 5.88 Å². The van der Waals surface area contributed by atoms with Crippen LogP contribution in [-0.4, -0.2) is 31.4 Å². The predicted molar refractivity (Wildman–Crippen MR) is 167 cm³/mol. The van der Waals surface area contributed by atoms with Crippen LogP contribution in [0.25, 0.3) is 22.1 Å². The molecule has 0 bridgehead atoms. The molecule has 1 saturated heterocycles. The molecular weight excluding hydrogens is 532 g/mol. The van der Waals surface area contributed by atoms with E-state index in [1.54, 1.807) is 12.1 Å². The molecule has 216 valence electrons. The minimum Gasteiger partial charge on any atom is -0.440 e. The lowest BCUT2D eigenvalue weighted by atomic mass is 9.75. The highest BCUT2D eigenvalue weighted by Gasteiger charge is 2.29. The average molecular weight is 567 g/mol. The maximum absolute atomic E-state index is 14.5. The number of piperidine rings is 1. The van der Waals surface area contributed by atoms with Gasteiger partial charge < -0.3 is 24.4 Å². The summed E-state index contributed by atoms with van der Waals surface area (Å²) in [7, 11) is -1.14. The molecule has 0 aliphatic carbocycles. The van der Waals surface area contributed by atoms with Gasteiger partial charge in [0.25, 0.3) is 0 Å². The molecule has 6 rings (SSSR count). The van der Waals surface area contributed by atoms with Crippen LogP contribution in [0.5, 0.6) is 0 Å².